The van der Waals surface area contributed by atoms with Gasteiger partial charge in [0.05, 0.1) is 24.5 Å². The van der Waals surface area contributed by atoms with Crippen molar-refractivity contribution in [1.82, 2.24) is 0 Å². The zero-order valence-electron chi connectivity index (χ0n) is 13.5. The molecular weight excluding hydrogens is 316 g/mol. The fourth-order valence-electron chi connectivity index (χ4n) is 2.38. The third kappa shape index (κ3) is 4.42. The molecule has 0 bridgehead atoms. The van der Waals surface area contributed by atoms with Gasteiger partial charge in [0.15, 0.2) is 5.60 Å². The molecule has 126 valence electrons. The molecule has 2 unspecified atom stereocenters. The van der Waals surface area contributed by atoms with Crippen LogP contribution in [0.4, 0.5) is 0 Å². The Balaban J connectivity index is 1.99. The van der Waals surface area contributed by atoms with E-state index in [1.165, 1.54) is 0 Å². The molecule has 0 radical (unpaired) electrons. The Morgan fingerprint density at radius 3 is 2.83 bits per heavy atom. The van der Waals surface area contributed by atoms with Crippen molar-refractivity contribution in [3.63, 3.8) is 0 Å². The fraction of sp³-hybridized carbons (Fsp3) is 0.529. The first kappa shape index (κ1) is 17.7. The minimum Gasteiger partial charge on any atom is -0.458 e. The van der Waals surface area contributed by atoms with Crippen molar-refractivity contribution < 1.29 is 23.8 Å². The lowest BCUT2D eigenvalue weighted by Gasteiger charge is -2.27. The average Bonchev–Trinajstić information content (AvgIpc) is 3.17. The Hall–Kier alpha value is -1.66. The quantitative estimate of drug-likeness (QED) is 0.564. The second-order valence-corrected chi connectivity index (χ2v) is 6.62. The Morgan fingerprint density at radius 1 is 1.52 bits per heavy atom. The van der Waals surface area contributed by atoms with Gasteiger partial charge in [0.1, 0.15) is 6.10 Å². The molecule has 0 amide bonds. The molecule has 6 heteroatoms. The van der Waals surface area contributed by atoms with Gasteiger partial charge in [0.2, 0.25) is 0 Å². The van der Waals surface area contributed by atoms with Gasteiger partial charge in [-0.1, -0.05) is 19.6 Å². The molecule has 0 N–H and O–H groups in total. The molecule has 1 aliphatic heterocycles. The first-order valence-electron chi connectivity index (χ1n) is 7.67. The highest BCUT2D eigenvalue weighted by Crippen LogP contribution is 2.37. The van der Waals surface area contributed by atoms with Crippen LogP contribution in [0.15, 0.2) is 29.7 Å². The van der Waals surface area contributed by atoms with Gasteiger partial charge in [-0.25, -0.2) is 4.79 Å². The largest absolute Gasteiger partial charge is 0.458 e. The van der Waals surface area contributed by atoms with E-state index in [0.717, 1.165) is 4.88 Å². The van der Waals surface area contributed by atoms with Crippen LogP contribution in [0, 0.1) is 0 Å². The van der Waals surface area contributed by atoms with Crippen LogP contribution >= 0.6 is 11.3 Å². The predicted octanol–water partition coefficient (Wildman–Crippen LogP) is 3.19. The van der Waals surface area contributed by atoms with E-state index in [2.05, 4.69) is 6.58 Å². The van der Waals surface area contributed by atoms with Crippen LogP contribution < -0.4 is 0 Å². The van der Waals surface area contributed by atoms with Crippen LogP contribution in [0.25, 0.3) is 0 Å². The van der Waals surface area contributed by atoms with Crippen molar-refractivity contribution in [2.45, 2.75) is 44.8 Å². The first-order valence-corrected chi connectivity index (χ1v) is 8.55. The number of rotatable bonds is 7. The molecule has 0 spiro atoms. The van der Waals surface area contributed by atoms with Crippen molar-refractivity contribution in [1.29, 1.82) is 0 Å². The van der Waals surface area contributed by atoms with Crippen LogP contribution in [0.3, 0.4) is 0 Å². The monoisotopic (exact) mass is 338 g/mol. The first-order chi connectivity index (χ1) is 11.0. The Kier molecular flexibility index (Phi) is 5.96. The van der Waals surface area contributed by atoms with E-state index in [0.29, 0.717) is 31.6 Å². The maximum Gasteiger partial charge on any atom is 0.333 e. The Labute approximate surface area is 140 Å². The number of ether oxygens (including phenoxy) is 3. The molecule has 5 nitrogen and oxygen atoms in total. The molecule has 0 aliphatic carbocycles. The maximum absolute atomic E-state index is 12.3. The van der Waals surface area contributed by atoms with Crippen LogP contribution in [0.1, 0.15) is 38.0 Å². The summed E-state index contributed by atoms with van der Waals surface area (Å²) in [6.07, 6.45) is 0.704. The van der Waals surface area contributed by atoms with Crippen molar-refractivity contribution in [2.24, 2.45) is 0 Å². The van der Waals surface area contributed by atoms with Crippen molar-refractivity contribution in [3.05, 3.63) is 34.5 Å². The summed E-state index contributed by atoms with van der Waals surface area (Å²) in [5, 5.41) is 1.95. The molecule has 1 fully saturated rings. The van der Waals surface area contributed by atoms with Crippen LogP contribution in [-0.4, -0.2) is 31.3 Å². The summed E-state index contributed by atoms with van der Waals surface area (Å²) in [4.78, 5) is 24.9. The number of carbonyl (C=O) groups excluding carboxylic acids is 2. The number of thiophene rings is 1. The highest BCUT2D eigenvalue weighted by atomic mass is 32.1. The summed E-state index contributed by atoms with van der Waals surface area (Å²) in [6, 6.07) is 3.88. The molecule has 0 saturated carbocycles. The standard InChI is InChI=1S/C17H22O5S/c1-4-13(21-16(19)12(2)3)10-15(18)22-17(7-8-20-11-17)14-6-5-9-23-14/h5-6,9,13H,2,4,7-8,10-11H2,1,3H3. The molecule has 2 rings (SSSR count). The van der Waals surface area contributed by atoms with Crippen LogP contribution in [0.2, 0.25) is 0 Å². The molecular formula is C17H22O5S. The number of carbonyl (C=O) groups is 2. The second kappa shape index (κ2) is 7.75. The number of hydrogen-bond acceptors (Lipinski definition) is 6. The van der Waals surface area contributed by atoms with Gasteiger partial charge in [-0.3, -0.25) is 4.79 Å². The molecule has 2 atom stereocenters. The van der Waals surface area contributed by atoms with E-state index in [1.807, 2.05) is 24.4 Å². The van der Waals surface area contributed by atoms with Gasteiger partial charge in [-0.2, -0.15) is 0 Å². The molecule has 1 aromatic rings. The molecule has 1 aromatic heterocycles. The van der Waals surface area contributed by atoms with E-state index < -0.39 is 17.7 Å². The normalized spacial score (nSPS) is 21.7. The van der Waals surface area contributed by atoms with Crippen molar-refractivity contribution in [3.8, 4) is 0 Å². The summed E-state index contributed by atoms with van der Waals surface area (Å²) >= 11 is 1.55. The van der Waals surface area contributed by atoms with E-state index in [1.54, 1.807) is 18.3 Å². The minimum absolute atomic E-state index is 0.0304. The van der Waals surface area contributed by atoms with Crippen LogP contribution in [-0.2, 0) is 29.4 Å². The third-order valence-electron chi connectivity index (χ3n) is 3.74. The maximum atomic E-state index is 12.3. The summed E-state index contributed by atoms with van der Waals surface area (Å²) in [5.74, 6) is -0.868. The fourth-order valence-corrected chi connectivity index (χ4v) is 3.25. The molecule has 1 saturated heterocycles. The lowest BCUT2D eigenvalue weighted by Crippen LogP contribution is -2.34. The van der Waals surface area contributed by atoms with E-state index in [4.69, 9.17) is 14.2 Å². The zero-order valence-corrected chi connectivity index (χ0v) is 14.3. The topological polar surface area (TPSA) is 61.8 Å². The number of esters is 2. The molecule has 23 heavy (non-hydrogen) atoms. The van der Waals surface area contributed by atoms with E-state index >= 15 is 0 Å². The smallest absolute Gasteiger partial charge is 0.333 e. The van der Waals surface area contributed by atoms with Gasteiger partial charge in [-0.05, 0) is 24.8 Å². The number of hydrogen-bond donors (Lipinski definition) is 0. The lowest BCUT2D eigenvalue weighted by atomic mass is 10.0. The Morgan fingerprint density at radius 2 is 2.30 bits per heavy atom. The van der Waals surface area contributed by atoms with Gasteiger partial charge in [-0.15, -0.1) is 11.3 Å². The van der Waals surface area contributed by atoms with Gasteiger partial charge in [0, 0.05) is 12.0 Å². The highest BCUT2D eigenvalue weighted by molar-refractivity contribution is 7.10. The SMILES string of the molecule is C=C(C)C(=O)OC(CC)CC(=O)OC1(c2cccs2)CCOC1. The zero-order chi connectivity index (χ0) is 16.9. The summed E-state index contributed by atoms with van der Waals surface area (Å²) in [5.41, 5.74) is -0.391. The van der Waals surface area contributed by atoms with Gasteiger partial charge in [0.25, 0.3) is 0 Å². The summed E-state index contributed by atoms with van der Waals surface area (Å²) in [6.45, 7) is 7.91. The predicted molar refractivity (Wildman–Crippen MR) is 87.1 cm³/mol. The van der Waals surface area contributed by atoms with E-state index in [-0.39, 0.29) is 12.4 Å². The lowest BCUT2D eigenvalue weighted by molar-refractivity contribution is -0.165. The molecule has 0 aromatic carbocycles. The van der Waals surface area contributed by atoms with Crippen molar-refractivity contribution >= 4 is 23.3 Å². The average molecular weight is 338 g/mol. The highest BCUT2D eigenvalue weighted by Gasteiger charge is 2.42. The summed E-state index contributed by atoms with van der Waals surface area (Å²) < 4.78 is 16.4. The third-order valence-corrected chi connectivity index (χ3v) is 4.79. The second-order valence-electron chi connectivity index (χ2n) is 5.67. The van der Waals surface area contributed by atoms with Gasteiger partial charge >= 0.3 is 11.9 Å². The van der Waals surface area contributed by atoms with E-state index in [9.17, 15) is 9.59 Å². The Bertz CT molecular complexity index is 558. The molecule has 1 aliphatic rings. The van der Waals surface area contributed by atoms with Crippen molar-refractivity contribution in [2.75, 3.05) is 13.2 Å². The van der Waals surface area contributed by atoms with Gasteiger partial charge < -0.3 is 14.2 Å². The van der Waals surface area contributed by atoms with Crippen LogP contribution in [0.5, 0.6) is 0 Å². The minimum atomic E-state index is -0.706. The molecule has 2 heterocycles. The summed E-state index contributed by atoms with van der Waals surface area (Å²) in [7, 11) is 0.